The van der Waals surface area contributed by atoms with E-state index in [0.717, 1.165) is 12.1 Å². The average molecular weight is 304 g/mol. The fourth-order valence-electron chi connectivity index (χ4n) is 2.01. The van der Waals surface area contributed by atoms with E-state index in [0.29, 0.717) is 11.4 Å². The summed E-state index contributed by atoms with van der Waals surface area (Å²) in [5, 5.41) is 4.85. The molecular weight excluding hydrogens is 294 g/mol. The number of halogens is 2. The zero-order valence-electron chi connectivity index (χ0n) is 11.1. The van der Waals surface area contributed by atoms with E-state index in [1.165, 1.54) is 6.07 Å². The maximum Gasteiger partial charge on any atom is 0.275 e. The molecule has 0 radical (unpaired) electrons. The van der Waals surface area contributed by atoms with Crippen LogP contribution in [0.4, 0.5) is 20.2 Å². The van der Waals surface area contributed by atoms with Gasteiger partial charge in [0.25, 0.3) is 17.9 Å². The second-order valence-electron chi connectivity index (χ2n) is 4.60. The molecule has 2 amide bonds. The largest absolute Gasteiger partial charge is 0.468 e. The van der Waals surface area contributed by atoms with Crippen molar-refractivity contribution in [3.05, 3.63) is 54.1 Å². The Morgan fingerprint density at radius 2 is 1.91 bits per heavy atom. The molecule has 1 aliphatic rings. The highest BCUT2D eigenvalue weighted by Gasteiger charge is 2.33. The minimum Gasteiger partial charge on any atom is -0.468 e. The molecule has 3 rings (SSSR count). The first kappa shape index (κ1) is 14.0. The molecule has 0 aliphatic carbocycles. The Morgan fingerprint density at radius 3 is 2.68 bits per heavy atom. The van der Waals surface area contributed by atoms with Crippen molar-refractivity contribution >= 4 is 23.2 Å². The third kappa shape index (κ3) is 2.60. The van der Waals surface area contributed by atoms with Crippen LogP contribution in [0.2, 0.25) is 0 Å². The highest BCUT2D eigenvalue weighted by atomic mass is 19.2. The lowest BCUT2D eigenvalue weighted by atomic mass is 10.2. The van der Waals surface area contributed by atoms with Crippen LogP contribution in [0.15, 0.2) is 42.5 Å². The molecule has 2 N–H and O–H groups in total. The summed E-state index contributed by atoms with van der Waals surface area (Å²) in [6.45, 7) is 0. The van der Waals surface area contributed by atoms with E-state index < -0.39 is 29.6 Å². The summed E-state index contributed by atoms with van der Waals surface area (Å²) in [4.78, 5) is 23.9. The second kappa shape index (κ2) is 5.44. The molecule has 1 heterocycles. The first-order valence-electron chi connectivity index (χ1n) is 6.37. The van der Waals surface area contributed by atoms with Crippen LogP contribution < -0.4 is 15.4 Å². The van der Waals surface area contributed by atoms with Gasteiger partial charge in [0.05, 0.1) is 5.69 Å². The Bertz CT molecular complexity index is 764. The van der Waals surface area contributed by atoms with Crippen molar-refractivity contribution in [1.29, 1.82) is 0 Å². The number of fused-ring (bicyclic) bond motifs is 1. The van der Waals surface area contributed by atoms with Crippen LogP contribution >= 0.6 is 0 Å². The predicted molar refractivity (Wildman–Crippen MR) is 74.5 cm³/mol. The third-order valence-electron chi connectivity index (χ3n) is 3.05. The number of hydrogen-bond acceptors (Lipinski definition) is 3. The number of anilines is 2. The van der Waals surface area contributed by atoms with Gasteiger partial charge in [-0.25, -0.2) is 8.78 Å². The maximum absolute atomic E-state index is 13.1. The molecule has 0 spiro atoms. The van der Waals surface area contributed by atoms with Gasteiger partial charge in [0.2, 0.25) is 0 Å². The van der Waals surface area contributed by atoms with Gasteiger partial charge in [0.1, 0.15) is 5.75 Å². The van der Waals surface area contributed by atoms with Gasteiger partial charge in [-0.1, -0.05) is 12.1 Å². The smallest absolute Gasteiger partial charge is 0.275 e. The van der Waals surface area contributed by atoms with E-state index in [-0.39, 0.29) is 5.69 Å². The van der Waals surface area contributed by atoms with Crippen LogP contribution in [-0.4, -0.2) is 17.9 Å². The fourth-order valence-corrected chi connectivity index (χ4v) is 2.01. The van der Waals surface area contributed by atoms with Gasteiger partial charge < -0.3 is 15.4 Å². The topological polar surface area (TPSA) is 67.4 Å². The summed E-state index contributed by atoms with van der Waals surface area (Å²) in [6, 6.07) is 9.53. The highest BCUT2D eigenvalue weighted by Crippen LogP contribution is 2.29. The first-order valence-corrected chi connectivity index (χ1v) is 6.37. The molecule has 7 heteroatoms. The molecule has 1 unspecified atom stereocenters. The van der Waals surface area contributed by atoms with Crippen LogP contribution in [0.5, 0.6) is 5.75 Å². The summed E-state index contributed by atoms with van der Waals surface area (Å²) in [7, 11) is 0. The number of benzene rings is 2. The van der Waals surface area contributed by atoms with Gasteiger partial charge >= 0.3 is 0 Å². The highest BCUT2D eigenvalue weighted by molar-refractivity contribution is 6.15. The maximum atomic E-state index is 13.1. The molecule has 0 saturated carbocycles. The lowest BCUT2D eigenvalue weighted by molar-refractivity contribution is -0.133. The Labute approximate surface area is 123 Å². The average Bonchev–Trinajstić information content (AvgIpc) is 2.50. The van der Waals surface area contributed by atoms with Gasteiger partial charge in [-0.2, -0.15) is 0 Å². The number of carbonyl (C=O) groups is 2. The molecule has 0 fully saturated rings. The number of hydrogen-bond donors (Lipinski definition) is 2. The van der Waals surface area contributed by atoms with Crippen molar-refractivity contribution < 1.29 is 23.1 Å². The molecule has 5 nitrogen and oxygen atoms in total. The summed E-state index contributed by atoms with van der Waals surface area (Å²) >= 11 is 0. The van der Waals surface area contributed by atoms with Crippen molar-refractivity contribution in [3.8, 4) is 5.75 Å². The Kier molecular flexibility index (Phi) is 3.46. The third-order valence-corrected chi connectivity index (χ3v) is 3.05. The van der Waals surface area contributed by atoms with Crippen molar-refractivity contribution in [2.45, 2.75) is 6.10 Å². The van der Waals surface area contributed by atoms with Gasteiger partial charge in [0.15, 0.2) is 11.6 Å². The molecule has 2 aromatic carbocycles. The normalized spacial score (nSPS) is 16.3. The van der Waals surface area contributed by atoms with Gasteiger partial charge in [0, 0.05) is 11.8 Å². The van der Waals surface area contributed by atoms with Crippen molar-refractivity contribution in [1.82, 2.24) is 0 Å². The van der Waals surface area contributed by atoms with E-state index in [1.807, 2.05) is 0 Å². The summed E-state index contributed by atoms with van der Waals surface area (Å²) in [5.74, 6) is -3.19. The van der Waals surface area contributed by atoms with E-state index in [1.54, 1.807) is 24.3 Å². The van der Waals surface area contributed by atoms with E-state index >= 15 is 0 Å². The number of carbonyl (C=O) groups excluding carboxylic acids is 2. The first-order chi connectivity index (χ1) is 10.5. The number of ether oxygens (including phenoxy) is 1. The molecule has 22 heavy (non-hydrogen) atoms. The zero-order chi connectivity index (χ0) is 15.7. The Hall–Kier alpha value is -2.96. The fraction of sp³-hybridized carbons (Fsp3) is 0.0667. The molecule has 1 atom stereocenters. The predicted octanol–water partition coefficient (Wildman–Crippen LogP) is 2.30. The SMILES string of the molecule is O=C(Nc1ccc(F)c(F)c1)C1Oc2ccccc2NC1=O. The van der Waals surface area contributed by atoms with Crippen molar-refractivity contribution in [3.63, 3.8) is 0 Å². The lowest BCUT2D eigenvalue weighted by Crippen LogP contribution is -2.45. The van der Waals surface area contributed by atoms with E-state index in [9.17, 15) is 18.4 Å². The molecule has 0 saturated heterocycles. The van der Waals surface area contributed by atoms with Crippen LogP contribution in [0, 0.1) is 11.6 Å². The number of para-hydroxylation sites is 2. The molecule has 112 valence electrons. The Balaban J connectivity index is 1.78. The minimum absolute atomic E-state index is 0.0270. The monoisotopic (exact) mass is 304 g/mol. The molecule has 0 bridgehead atoms. The van der Waals surface area contributed by atoms with Gasteiger partial charge in [-0.3, -0.25) is 9.59 Å². The molecule has 0 aromatic heterocycles. The number of amides is 2. The van der Waals surface area contributed by atoms with Crippen LogP contribution in [0.25, 0.3) is 0 Å². The molecule has 1 aliphatic heterocycles. The molecular formula is C15H10F2N2O3. The van der Waals surface area contributed by atoms with Crippen LogP contribution in [0.3, 0.4) is 0 Å². The second-order valence-corrected chi connectivity index (χ2v) is 4.60. The summed E-state index contributed by atoms with van der Waals surface area (Å²) < 4.78 is 31.3. The zero-order valence-corrected chi connectivity index (χ0v) is 11.1. The summed E-state index contributed by atoms with van der Waals surface area (Å²) in [6.07, 6.45) is -1.41. The van der Waals surface area contributed by atoms with Gasteiger partial charge in [-0.15, -0.1) is 0 Å². The van der Waals surface area contributed by atoms with Crippen LogP contribution in [-0.2, 0) is 9.59 Å². The van der Waals surface area contributed by atoms with E-state index in [4.69, 9.17) is 4.74 Å². The molecule has 2 aromatic rings. The lowest BCUT2D eigenvalue weighted by Gasteiger charge is -2.24. The number of rotatable bonds is 2. The van der Waals surface area contributed by atoms with E-state index in [2.05, 4.69) is 10.6 Å². The van der Waals surface area contributed by atoms with Crippen LogP contribution in [0.1, 0.15) is 0 Å². The van der Waals surface area contributed by atoms with Crippen molar-refractivity contribution in [2.75, 3.05) is 10.6 Å². The standard InChI is InChI=1S/C15H10F2N2O3/c16-9-6-5-8(7-10(9)17)18-14(20)13-15(21)19-11-3-1-2-4-12(11)22-13/h1-7,13H,(H,18,20)(H,19,21). The van der Waals surface area contributed by atoms with Gasteiger partial charge in [-0.05, 0) is 24.3 Å². The quantitative estimate of drug-likeness (QED) is 0.837. The Morgan fingerprint density at radius 1 is 1.14 bits per heavy atom. The summed E-state index contributed by atoms with van der Waals surface area (Å²) in [5.41, 5.74) is 0.489. The minimum atomic E-state index is -1.41. The number of nitrogens with one attached hydrogen (secondary N) is 2. The van der Waals surface area contributed by atoms with Crippen molar-refractivity contribution in [2.24, 2.45) is 0 Å².